The molecule has 0 atom stereocenters. The maximum atomic E-state index is 13.0. The van der Waals surface area contributed by atoms with Crippen LogP contribution in [0.1, 0.15) is 26.3 Å². The number of carbonyl (C=O) groups is 1. The van der Waals surface area contributed by atoms with Gasteiger partial charge >= 0.3 is 0 Å². The van der Waals surface area contributed by atoms with E-state index in [1.54, 1.807) is 33.2 Å². The van der Waals surface area contributed by atoms with E-state index in [2.05, 4.69) is 4.98 Å². The summed E-state index contributed by atoms with van der Waals surface area (Å²) < 4.78 is 53.0. The molecule has 0 unspecified atom stereocenters. The van der Waals surface area contributed by atoms with Crippen LogP contribution in [0.15, 0.2) is 53.7 Å². The molecule has 2 heterocycles. The first kappa shape index (κ1) is 22.4. The summed E-state index contributed by atoms with van der Waals surface area (Å²) >= 11 is 0. The zero-order chi connectivity index (χ0) is 22.2. The zero-order valence-electron chi connectivity index (χ0n) is 17.1. The predicted octanol–water partition coefficient (Wildman–Crippen LogP) is 2.04. The minimum absolute atomic E-state index is 0.0473. The molecule has 10 heteroatoms. The van der Waals surface area contributed by atoms with Gasteiger partial charge in [0.1, 0.15) is 0 Å². The number of benzene rings is 1. The van der Waals surface area contributed by atoms with Crippen molar-refractivity contribution in [1.29, 1.82) is 0 Å². The first-order valence-electron chi connectivity index (χ1n) is 9.55. The molecule has 1 fully saturated rings. The Bertz CT molecular complexity index is 1130. The summed E-state index contributed by atoms with van der Waals surface area (Å²) in [6.45, 7) is 5.51. The summed E-state index contributed by atoms with van der Waals surface area (Å²) in [6.07, 6.45) is 3.87. The molecule has 1 saturated heterocycles. The van der Waals surface area contributed by atoms with Crippen LogP contribution in [-0.4, -0.2) is 50.9 Å². The molecular weight excluding hydrogens is 426 g/mol. The highest BCUT2D eigenvalue weighted by molar-refractivity contribution is 7.94. The van der Waals surface area contributed by atoms with Gasteiger partial charge < -0.3 is 0 Å². The van der Waals surface area contributed by atoms with Crippen molar-refractivity contribution in [3.05, 3.63) is 54.4 Å². The van der Waals surface area contributed by atoms with Gasteiger partial charge in [-0.1, -0.05) is 6.92 Å². The number of sulfonamides is 2. The van der Waals surface area contributed by atoms with E-state index in [0.717, 1.165) is 9.87 Å². The Morgan fingerprint density at radius 3 is 2.20 bits per heavy atom. The van der Waals surface area contributed by atoms with Crippen LogP contribution >= 0.6 is 0 Å². The van der Waals surface area contributed by atoms with Crippen molar-refractivity contribution in [3.63, 3.8) is 0 Å². The molecule has 0 saturated carbocycles. The fourth-order valence-electron chi connectivity index (χ4n) is 3.42. The van der Waals surface area contributed by atoms with Gasteiger partial charge in [-0.05, 0) is 62.2 Å². The third-order valence-corrected chi connectivity index (χ3v) is 9.05. The van der Waals surface area contributed by atoms with Gasteiger partial charge in [0, 0.05) is 25.5 Å². The Morgan fingerprint density at radius 1 is 1.10 bits per heavy atom. The molecule has 0 aliphatic carbocycles. The van der Waals surface area contributed by atoms with Crippen LogP contribution in [0.2, 0.25) is 0 Å². The smallest absolute Gasteiger partial charge is 0.247 e. The Kier molecular flexibility index (Phi) is 6.03. The molecule has 1 amide bonds. The van der Waals surface area contributed by atoms with E-state index in [1.165, 1.54) is 28.6 Å². The molecule has 1 aromatic heterocycles. The largest absolute Gasteiger partial charge is 0.273 e. The lowest BCUT2D eigenvalue weighted by molar-refractivity contribution is -0.123. The lowest BCUT2D eigenvalue weighted by atomic mass is 9.95. The molecule has 1 aliphatic heterocycles. The highest BCUT2D eigenvalue weighted by Crippen LogP contribution is 2.36. The normalized spacial score (nSPS) is 18.1. The SMILES string of the molecule is CCN(CCc1ccncc1)S(=O)(=O)c1ccc(N2C(=O)C(C)(C)CS2(=O)=O)cc1. The van der Waals surface area contributed by atoms with Crippen molar-refractivity contribution >= 4 is 31.6 Å². The number of nitrogens with zero attached hydrogens (tertiary/aromatic N) is 3. The minimum atomic E-state index is -3.79. The second-order valence-electron chi connectivity index (χ2n) is 7.81. The van der Waals surface area contributed by atoms with Crippen LogP contribution in [0.25, 0.3) is 0 Å². The van der Waals surface area contributed by atoms with Crippen molar-refractivity contribution in [2.75, 3.05) is 23.1 Å². The van der Waals surface area contributed by atoms with Gasteiger partial charge in [-0.3, -0.25) is 9.78 Å². The number of hydrogen-bond donors (Lipinski definition) is 0. The molecule has 1 aliphatic rings. The maximum Gasteiger partial charge on any atom is 0.247 e. The van der Waals surface area contributed by atoms with E-state index in [9.17, 15) is 21.6 Å². The van der Waals surface area contributed by atoms with Gasteiger partial charge in [0.05, 0.1) is 21.8 Å². The fraction of sp³-hybridized carbons (Fsp3) is 0.400. The van der Waals surface area contributed by atoms with Crippen molar-refractivity contribution < 1.29 is 21.6 Å². The van der Waals surface area contributed by atoms with Gasteiger partial charge in [-0.25, -0.2) is 21.1 Å². The maximum absolute atomic E-state index is 13.0. The number of aromatic nitrogens is 1. The monoisotopic (exact) mass is 451 g/mol. The second kappa shape index (κ2) is 8.09. The number of likely N-dealkylation sites (N-methyl/N-ethyl adjacent to an activating group) is 1. The standard InChI is InChI=1S/C20H25N3O5S2/c1-4-22(14-11-16-9-12-21-13-10-16)30(27,28)18-7-5-17(6-8-18)23-19(24)20(2,3)15-29(23,25)26/h5-10,12-13H,4,11,14-15H2,1-3H3. The second-order valence-corrected chi connectivity index (χ2v) is 11.6. The first-order valence-corrected chi connectivity index (χ1v) is 12.6. The molecule has 3 rings (SSSR count). The third kappa shape index (κ3) is 4.26. The average Bonchev–Trinajstić information content (AvgIpc) is 2.85. The van der Waals surface area contributed by atoms with Crippen molar-refractivity contribution in [2.45, 2.75) is 32.1 Å². The lowest BCUT2D eigenvalue weighted by Gasteiger charge is -2.21. The molecular formula is C20H25N3O5S2. The molecule has 162 valence electrons. The molecule has 0 radical (unpaired) electrons. The minimum Gasteiger partial charge on any atom is -0.273 e. The van der Waals surface area contributed by atoms with Gasteiger partial charge in [0.25, 0.3) is 0 Å². The van der Waals surface area contributed by atoms with Gasteiger partial charge in [0.15, 0.2) is 0 Å². The molecule has 0 N–H and O–H groups in total. The number of hydrogen-bond acceptors (Lipinski definition) is 6. The van der Waals surface area contributed by atoms with Crippen LogP contribution in [0.4, 0.5) is 5.69 Å². The number of rotatable bonds is 7. The molecule has 30 heavy (non-hydrogen) atoms. The Morgan fingerprint density at radius 2 is 1.70 bits per heavy atom. The number of anilines is 1. The summed E-state index contributed by atoms with van der Waals surface area (Å²) in [4.78, 5) is 16.5. The first-order chi connectivity index (χ1) is 14.0. The predicted molar refractivity (Wildman–Crippen MR) is 114 cm³/mol. The highest BCUT2D eigenvalue weighted by Gasteiger charge is 2.49. The quantitative estimate of drug-likeness (QED) is 0.638. The van der Waals surface area contributed by atoms with E-state index in [4.69, 9.17) is 0 Å². The zero-order valence-corrected chi connectivity index (χ0v) is 18.8. The molecule has 2 aromatic rings. The summed E-state index contributed by atoms with van der Waals surface area (Å²) in [6, 6.07) is 9.08. The lowest BCUT2D eigenvalue weighted by Crippen LogP contribution is -2.34. The van der Waals surface area contributed by atoms with Gasteiger partial charge in [-0.15, -0.1) is 0 Å². The van der Waals surface area contributed by atoms with Crippen LogP contribution in [-0.2, 0) is 31.3 Å². The Labute approximate surface area is 177 Å². The molecule has 8 nitrogen and oxygen atoms in total. The van der Waals surface area contributed by atoms with Crippen LogP contribution < -0.4 is 4.31 Å². The number of carbonyl (C=O) groups excluding carboxylic acids is 1. The summed E-state index contributed by atoms with van der Waals surface area (Å²) in [5.41, 5.74) is 0.106. The highest BCUT2D eigenvalue weighted by atomic mass is 32.2. The number of pyridine rings is 1. The van der Waals surface area contributed by atoms with E-state index < -0.39 is 31.4 Å². The Balaban J connectivity index is 1.83. The van der Waals surface area contributed by atoms with Crippen LogP contribution in [0, 0.1) is 5.41 Å². The fourth-order valence-corrected chi connectivity index (χ4v) is 6.97. The average molecular weight is 452 g/mol. The topological polar surface area (TPSA) is 105 Å². The van der Waals surface area contributed by atoms with Crippen LogP contribution in [0.3, 0.4) is 0 Å². The van der Waals surface area contributed by atoms with Crippen molar-refractivity contribution in [3.8, 4) is 0 Å². The summed E-state index contributed by atoms with van der Waals surface area (Å²) in [7, 11) is -7.55. The number of amides is 1. The molecule has 1 aromatic carbocycles. The summed E-state index contributed by atoms with van der Waals surface area (Å²) in [5.74, 6) is -0.803. The van der Waals surface area contributed by atoms with E-state index in [-0.39, 0.29) is 16.3 Å². The van der Waals surface area contributed by atoms with Crippen molar-refractivity contribution in [1.82, 2.24) is 9.29 Å². The van der Waals surface area contributed by atoms with Gasteiger partial charge in [-0.2, -0.15) is 4.31 Å². The van der Waals surface area contributed by atoms with Crippen LogP contribution in [0.5, 0.6) is 0 Å². The third-order valence-electron chi connectivity index (χ3n) is 5.05. The van der Waals surface area contributed by atoms with Crippen molar-refractivity contribution in [2.24, 2.45) is 5.41 Å². The molecule has 0 bridgehead atoms. The van der Waals surface area contributed by atoms with Gasteiger partial charge in [0.2, 0.25) is 26.0 Å². The van der Waals surface area contributed by atoms with E-state index in [0.29, 0.717) is 19.5 Å². The Hall–Kier alpha value is -2.30. The molecule has 0 spiro atoms. The summed E-state index contributed by atoms with van der Waals surface area (Å²) in [5, 5.41) is 0. The van der Waals surface area contributed by atoms with E-state index >= 15 is 0 Å². The van der Waals surface area contributed by atoms with E-state index in [1.807, 2.05) is 12.1 Å².